The molecule has 2 saturated heterocycles. The molecule has 1 N–H and O–H groups in total. The molecule has 4 fully saturated rings. The standard InChI is InChI=1S/C27H39FN4O3/c28-22-8-9-25(35-23-4-1-2-5-23)24(17-22)31-14-12-30(13-15-31)10-3-11-32-26(33)16-21(27(32)34)19-29-18-20-6-7-20/h8-9,17,20-21,23,29H,1-7,10-16,18-19H2. The normalized spacial score (nSPS) is 24.1. The monoisotopic (exact) mass is 486 g/mol. The lowest BCUT2D eigenvalue weighted by Gasteiger charge is -2.37. The van der Waals surface area contributed by atoms with E-state index in [9.17, 15) is 14.0 Å². The molecule has 2 aliphatic carbocycles. The SMILES string of the molecule is O=C1CC(CNCC2CC2)C(=O)N1CCCN1CCN(c2cc(F)ccc2OC2CCCC2)CC1. The van der Waals surface area contributed by atoms with Gasteiger partial charge < -0.3 is 15.0 Å². The summed E-state index contributed by atoms with van der Waals surface area (Å²) in [7, 11) is 0. The third-order valence-electron chi connectivity index (χ3n) is 7.94. The molecular formula is C27H39FN4O3. The van der Waals surface area contributed by atoms with Gasteiger partial charge in [-0.05, 0) is 76.1 Å². The predicted octanol–water partition coefficient (Wildman–Crippen LogP) is 3.03. The first-order valence-electron chi connectivity index (χ1n) is 13.6. The zero-order chi connectivity index (χ0) is 24.2. The first-order valence-corrected chi connectivity index (χ1v) is 13.6. The van der Waals surface area contributed by atoms with Crippen LogP contribution in [0.4, 0.5) is 10.1 Å². The van der Waals surface area contributed by atoms with Gasteiger partial charge in [-0.3, -0.25) is 19.4 Å². The molecule has 1 aromatic carbocycles. The molecule has 5 rings (SSSR count). The highest BCUT2D eigenvalue weighted by Crippen LogP contribution is 2.34. The van der Waals surface area contributed by atoms with Gasteiger partial charge >= 0.3 is 0 Å². The maximum atomic E-state index is 14.0. The van der Waals surface area contributed by atoms with Gasteiger partial charge in [0.15, 0.2) is 0 Å². The number of anilines is 1. The Morgan fingerprint density at radius 3 is 2.49 bits per heavy atom. The Hall–Kier alpha value is -2.19. The molecule has 35 heavy (non-hydrogen) atoms. The minimum Gasteiger partial charge on any atom is -0.488 e. The number of hydrogen-bond donors (Lipinski definition) is 1. The van der Waals surface area contributed by atoms with Gasteiger partial charge in [-0.25, -0.2) is 4.39 Å². The second-order valence-electron chi connectivity index (χ2n) is 10.7. The van der Waals surface area contributed by atoms with Gasteiger partial charge in [-0.2, -0.15) is 0 Å². The van der Waals surface area contributed by atoms with E-state index in [1.165, 1.54) is 36.6 Å². The number of imide groups is 1. The first-order chi connectivity index (χ1) is 17.1. The van der Waals surface area contributed by atoms with E-state index >= 15 is 0 Å². The Balaban J connectivity index is 1.05. The molecule has 0 bridgehead atoms. The summed E-state index contributed by atoms with van der Waals surface area (Å²) in [4.78, 5) is 31.1. The molecule has 0 radical (unpaired) electrons. The third kappa shape index (κ3) is 6.33. The van der Waals surface area contributed by atoms with E-state index in [4.69, 9.17) is 4.74 Å². The number of rotatable bonds is 11. The zero-order valence-corrected chi connectivity index (χ0v) is 20.7. The number of nitrogens with one attached hydrogen (secondary N) is 1. The van der Waals surface area contributed by atoms with Crippen LogP contribution in [0.25, 0.3) is 0 Å². The van der Waals surface area contributed by atoms with Gasteiger partial charge in [-0.1, -0.05) is 0 Å². The van der Waals surface area contributed by atoms with Crippen LogP contribution in [0.15, 0.2) is 18.2 Å². The molecule has 192 valence electrons. The molecule has 2 amide bonds. The van der Waals surface area contributed by atoms with Gasteiger partial charge in [0, 0.05) is 51.8 Å². The quantitative estimate of drug-likeness (QED) is 0.485. The van der Waals surface area contributed by atoms with Gasteiger partial charge in [0.2, 0.25) is 11.8 Å². The predicted molar refractivity (Wildman–Crippen MR) is 133 cm³/mol. The highest BCUT2D eigenvalue weighted by Gasteiger charge is 2.38. The molecule has 1 aromatic rings. The topological polar surface area (TPSA) is 65.1 Å². The molecule has 2 heterocycles. The van der Waals surface area contributed by atoms with Crippen molar-refractivity contribution >= 4 is 17.5 Å². The van der Waals surface area contributed by atoms with Crippen LogP contribution in [0.1, 0.15) is 51.4 Å². The van der Waals surface area contributed by atoms with E-state index in [1.807, 2.05) is 0 Å². The number of halogens is 1. The number of piperazine rings is 1. The van der Waals surface area contributed by atoms with Crippen LogP contribution in [0, 0.1) is 17.7 Å². The molecular weight excluding hydrogens is 447 g/mol. The number of amides is 2. The van der Waals surface area contributed by atoms with Gasteiger partial charge in [0.25, 0.3) is 0 Å². The summed E-state index contributed by atoms with van der Waals surface area (Å²) in [6, 6.07) is 4.85. The van der Waals surface area contributed by atoms with E-state index in [-0.39, 0.29) is 29.7 Å². The fourth-order valence-corrected chi connectivity index (χ4v) is 5.62. The first kappa shape index (κ1) is 24.5. The number of nitrogens with zero attached hydrogens (tertiary/aromatic N) is 3. The molecule has 0 spiro atoms. The van der Waals surface area contributed by atoms with Crippen molar-refractivity contribution < 1.29 is 18.7 Å². The summed E-state index contributed by atoms with van der Waals surface area (Å²) in [6.45, 7) is 6.29. The second-order valence-corrected chi connectivity index (χ2v) is 10.7. The Morgan fingerprint density at radius 2 is 1.74 bits per heavy atom. The average Bonchev–Trinajstić information content (AvgIpc) is 3.46. The van der Waals surface area contributed by atoms with Crippen molar-refractivity contribution in [2.75, 3.05) is 57.3 Å². The molecule has 1 unspecified atom stereocenters. The summed E-state index contributed by atoms with van der Waals surface area (Å²) in [6.07, 6.45) is 8.48. The number of carbonyl (C=O) groups excluding carboxylic acids is 2. The summed E-state index contributed by atoms with van der Waals surface area (Å²) in [5.74, 6) is 1.09. The number of benzene rings is 1. The minimum absolute atomic E-state index is 0.0102. The summed E-state index contributed by atoms with van der Waals surface area (Å²) in [5, 5.41) is 3.37. The van der Waals surface area contributed by atoms with Gasteiger partial charge in [-0.15, -0.1) is 0 Å². The number of hydrogen-bond acceptors (Lipinski definition) is 6. The lowest BCUT2D eigenvalue weighted by atomic mass is 10.1. The molecule has 2 aliphatic heterocycles. The van der Waals surface area contributed by atoms with E-state index in [0.29, 0.717) is 19.5 Å². The number of ether oxygens (including phenoxy) is 1. The molecule has 7 nitrogen and oxygen atoms in total. The van der Waals surface area contributed by atoms with Crippen molar-refractivity contribution in [3.63, 3.8) is 0 Å². The molecule has 2 saturated carbocycles. The summed E-state index contributed by atoms with van der Waals surface area (Å²) < 4.78 is 20.3. The smallest absolute Gasteiger partial charge is 0.234 e. The Bertz CT molecular complexity index is 894. The van der Waals surface area contributed by atoms with E-state index < -0.39 is 0 Å². The number of likely N-dealkylation sites (tertiary alicyclic amines) is 1. The van der Waals surface area contributed by atoms with Crippen molar-refractivity contribution in [2.24, 2.45) is 11.8 Å². The highest BCUT2D eigenvalue weighted by molar-refractivity contribution is 6.03. The lowest BCUT2D eigenvalue weighted by Crippen LogP contribution is -2.47. The van der Waals surface area contributed by atoms with Crippen molar-refractivity contribution in [2.45, 2.75) is 57.5 Å². The Kier molecular flexibility index (Phi) is 7.88. The third-order valence-corrected chi connectivity index (χ3v) is 7.94. The van der Waals surface area contributed by atoms with Crippen molar-refractivity contribution in [3.8, 4) is 5.75 Å². The van der Waals surface area contributed by atoms with Crippen LogP contribution >= 0.6 is 0 Å². The lowest BCUT2D eigenvalue weighted by molar-refractivity contribution is -0.139. The van der Waals surface area contributed by atoms with Crippen molar-refractivity contribution in [1.82, 2.24) is 15.1 Å². The summed E-state index contributed by atoms with van der Waals surface area (Å²) in [5.41, 5.74) is 0.853. The largest absolute Gasteiger partial charge is 0.488 e. The zero-order valence-electron chi connectivity index (χ0n) is 20.7. The van der Waals surface area contributed by atoms with Crippen molar-refractivity contribution in [3.05, 3.63) is 24.0 Å². The minimum atomic E-state index is -0.234. The fourth-order valence-electron chi connectivity index (χ4n) is 5.62. The van der Waals surface area contributed by atoms with Gasteiger partial charge in [0.1, 0.15) is 11.6 Å². The average molecular weight is 487 g/mol. The van der Waals surface area contributed by atoms with Crippen LogP contribution in [0.5, 0.6) is 5.75 Å². The van der Waals surface area contributed by atoms with E-state index in [1.54, 1.807) is 12.1 Å². The fraction of sp³-hybridized carbons (Fsp3) is 0.704. The number of carbonyl (C=O) groups is 2. The Labute approximate surface area is 208 Å². The molecule has 0 aromatic heterocycles. The molecule has 8 heteroatoms. The van der Waals surface area contributed by atoms with Crippen LogP contribution in [0.3, 0.4) is 0 Å². The van der Waals surface area contributed by atoms with Crippen LogP contribution in [-0.2, 0) is 9.59 Å². The van der Waals surface area contributed by atoms with Crippen LogP contribution in [-0.4, -0.2) is 80.1 Å². The van der Waals surface area contributed by atoms with E-state index in [0.717, 1.165) is 75.9 Å². The van der Waals surface area contributed by atoms with Crippen LogP contribution < -0.4 is 15.0 Å². The Morgan fingerprint density at radius 1 is 0.971 bits per heavy atom. The maximum Gasteiger partial charge on any atom is 0.234 e. The van der Waals surface area contributed by atoms with Gasteiger partial charge in [0.05, 0.1) is 17.7 Å². The highest BCUT2D eigenvalue weighted by atomic mass is 19.1. The molecule has 4 aliphatic rings. The van der Waals surface area contributed by atoms with Crippen molar-refractivity contribution in [1.29, 1.82) is 0 Å². The molecule has 1 atom stereocenters. The van der Waals surface area contributed by atoms with Crippen LogP contribution in [0.2, 0.25) is 0 Å². The second kappa shape index (κ2) is 11.2. The summed E-state index contributed by atoms with van der Waals surface area (Å²) >= 11 is 0. The maximum absolute atomic E-state index is 14.0. The van der Waals surface area contributed by atoms with E-state index in [2.05, 4.69) is 15.1 Å².